The van der Waals surface area contributed by atoms with Gasteiger partial charge in [-0.15, -0.1) is 0 Å². The molecule has 6 rings (SSSR count). The van der Waals surface area contributed by atoms with Crippen LogP contribution in [0.1, 0.15) is 50.5 Å². The van der Waals surface area contributed by atoms with E-state index in [1.165, 1.54) is 19.3 Å². The molecule has 4 amide bonds. The van der Waals surface area contributed by atoms with Crippen molar-refractivity contribution in [2.24, 2.45) is 17.8 Å². The van der Waals surface area contributed by atoms with E-state index < -0.39 is 0 Å². The van der Waals surface area contributed by atoms with Crippen molar-refractivity contribution in [2.45, 2.75) is 57.0 Å². The molecule has 0 unspecified atom stereocenters. The number of rotatable bonds is 8. The molecule has 4 aliphatic carbocycles. The second kappa shape index (κ2) is 10.7. The zero-order valence-electron chi connectivity index (χ0n) is 20.6. The first kappa shape index (κ1) is 24.3. The molecule has 0 atom stereocenters. The van der Waals surface area contributed by atoms with Gasteiger partial charge in [0.1, 0.15) is 0 Å². The lowest BCUT2D eigenvalue weighted by Crippen LogP contribution is -2.61. The Hall–Kier alpha value is -2.45. The zero-order valence-corrected chi connectivity index (χ0v) is 20.6. The van der Waals surface area contributed by atoms with Crippen molar-refractivity contribution in [3.63, 3.8) is 0 Å². The van der Waals surface area contributed by atoms with E-state index in [0.29, 0.717) is 26.1 Å². The molecule has 1 aromatic carbocycles. The van der Waals surface area contributed by atoms with Crippen LogP contribution >= 0.6 is 0 Å². The Morgan fingerprint density at radius 2 is 1.43 bits per heavy atom. The summed E-state index contributed by atoms with van der Waals surface area (Å²) in [5.41, 5.74) is 1.01. The van der Waals surface area contributed by atoms with Crippen LogP contribution in [0.5, 0.6) is 0 Å². The Kier molecular flexibility index (Phi) is 7.39. The van der Waals surface area contributed by atoms with E-state index in [-0.39, 0.29) is 23.4 Å². The summed E-state index contributed by atoms with van der Waals surface area (Å²) < 4.78 is 0. The SMILES string of the molecule is O=C(CN1CCN(CCC(=O)NC(=O)NC23CC4CC(CC(C4)C2)C3)CC1)NCc1ccccc1. The number of urea groups is 1. The van der Waals surface area contributed by atoms with Crippen molar-refractivity contribution < 1.29 is 14.4 Å². The number of carbonyl (C=O) groups excluding carboxylic acids is 3. The summed E-state index contributed by atoms with van der Waals surface area (Å²) in [6, 6.07) is 9.59. The highest BCUT2D eigenvalue weighted by Crippen LogP contribution is 2.55. The Labute approximate surface area is 208 Å². The minimum Gasteiger partial charge on any atom is -0.351 e. The van der Waals surface area contributed by atoms with Gasteiger partial charge in [0.05, 0.1) is 6.54 Å². The van der Waals surface area contributed by atoms with Gasteiger partial charge < -0.3 is 15.5 Å². The van der Waals surface area contributed by atoms with E-state index in [0.717, 1.165) is 68.8 Å². The van der Waals surface area contributed by atoms with E-state index in [4.69, 9.17) is 0 Å². The number of piperazine rings is 1. The molecule has 0 spiro atoms. The molecule has 0 aromatic heterocycles. The predicted octanol–water partition coefficient (Wildman–Crippen LogP) is 2.11. The Bertz CT molecular complexity index is 877. The van der Waals surface area contributed by atoms with Crippen molar-refractivity contribution in [2.75, 3.05) is 39.3 Å². The molecule has 3 N–H and O–H groups in total. The molecule has 4 bridgehead atoms. The number of hydrogen-bond donors (Lipinski definition) is 3. The van der Waals surface area contributed by atoms with Gasteiger partial charge in [-0.2, -0.15) is 0 Å². The molecule has 1 aromatic rings. The highest BCUT2D eigenvalue weighted by molar-refractivity contribution is 5.94. The van der Waals surface area contributed by atoms with Gasteiger partial charge in [0.2, 0.25) is 11.8 Å². The van der Waals surface area contributed by atoms with E-state index in [1.807, 2.05) is 30.3 Å². The molecule has 5 aliphatic rings. The Morgan fingerprint density at radius 1 is 0.829 bits per heavy atom. The molecule has 1 aliphatic heterocycles. The average molecular weight is 482 g/mol. The first-order valence-electron chi connectivity index (χ1n) is 13.3. The standard InChI is InChI=1S/C27H39N5O3/c33-24(29-26(35)30-27-15-21-12-22(16-27)14-23(13-21)17-27)6-7-31-8-10-32(11-9-31)19-25(34)28-18-20-4-2-1-3-5-20/h1-5,21-23H,6-19H2,(H,28,34)(H2,29,30,33,35). The molecule has 8 nitrogen and oxygen atoms in total. The molecular weight excluding hydrogens is 442 g/mol. The van der Waals surface area contributed by atoms with Gasteiger partial charge in [-0.3, -0.25) is 19.8 Å². The van der Waals surface area contributed by atoms with Crippen LogP contribution in [0.4, 0.5) is 4.79 Å². The molecule has 190 valence electrons. The number of imide groups is 1. The highest BCUT2D eigenvalue weighted by atomic mass is 16.2. The second-order valence-electron chi connectivity index (χ2n) is 11.3. The van der Waals surface area contributed by atoms with E-state index >= 15 is 0 Å². The van der Waals surface area contributed by atoms with Gasteiger partial charge in [0.15, 0.2) is 0 Å². The van der Waals surface area contributed by atoms with Crippen LogP contribution < -0.4 is 16.0 Å². The quantitative estimate of drug-likeness (QED) is 0.529. The molecule has 5 fully saturated rings. The monoisotopic (exact) mass is 481 g/mol. The largest absolute Gasteiger partial charge is 0.351 e. The number of nitrogens with zero attached hydrogens (tertiary/aromatic N) is 2. The van der Waals surface area contributed by atoms with Gasteiger partial charge in [-0.1, -0.05) is 30.3 Å². The third-order valence-corrected chi connectivity index (χ3v) is 8.49. The third kappa shape index (κ3) is 6.41. The van der Waals surface area contributed by atoms with E-state index in [1.54, 1.807) is 0 Å². The average Bonchev–Trinajstić information content (AvgIpc) is 2.82. The number of carbonyl (C=O) groups is 3. The number of hydrogen-bond acceptors (Lipinski definition) is 5. The summed E-state index contributed by atoms with van der Waals surface area (Å²) in [6.45, 7) is 4.80. The van der Waals surface area contributed by atoms with Crippen LogP contribution in [0.2, 0.25) is 0 Å². The van der Waals surface area contributed by atoms with Crippen LogP contribution in [0.15, 0.2) is 30.3 Å². The molecule has 35 heavy (non-hydrogen) atoms. The summed E-state index contributed by atoms with van der Waals surface area (Å²) in [7, 11) is 0. The molecule has 0 radical (unpaired) electrons. The first-order valence-corrected chi connectivity index (χ1v) is 13.3. The molecule has 8 heteroatoms. The van der Waals surface area contributed by atoms with Crippen molar-refractivity contribution in [3.05, 3.63) is 35.9 Å². The fourth-order valence-electron chi connectivity index (χ4n) is 7.21. The molecule has 1 heterocycles. The minimum absolute atomic E-state index is 0.0340. The first-order chi connectivity index (χ1) is 16.9. The maximum atomic E-state index is 12.6. The van der Waals surface area contributed by atoms with Gasteiger partial charge in [0, 0.05) is 51.2 Å². The Morgan fingerprint density at radius 3 is 2.06 bits per heavy atom. The summed E-state index contributed by atoms with van der Waals surface area (Å²) in [4.78, 5) is 41.6. The lowest BCUT2D eigenvalue weighted by Gasteiger charge is -2.56. The summed E-state index contributed by atoms with van der Waals surface area (Å²) in [5.74, 6) is 2.09. The molecular formula is C27H39N5O3. The second-order valence-corrected chi connectivity index (χ2v) is 11.3. The van der Waals surface area contributed by atoms with E-state index in [2.05, 4.69) is 25.8 Å². The van der Waals surface area contributed by atoms with Crippen molar-refractivity contribution in [1.82, 2.24) is 25.8 Å². The van der Waals surface area contributed by atoms with Gasteiger partial charge in [-0.05, 0) is 61.8 Å². The Balaban J connectivity index is 0.962. The smallest absolute Gasteiger partial charge is 0.321 e. The minimum atomic E-state index is -0.316. The molecule has 4 saturated carbocycles. The summed E-state index contributed by atoms with van der Waals surface area (Å²) >= 11 is 0. The number of amides is 4. The predicted molar refractivity (Wildman–Crippen MR) is 133 cm³/mol. The van der Waals surface area contributed by atoms with Crippen LogP contribution in [0.25, 0.3) is 0 Å². The van der Waals surface area contributed by atoms with E-state index in [9.17, 15) is 14.4 Å². The van der Waals surface area contributed by atoms with Gasteiger partial charge in [-0.25, -0.2) is 4.79 Å². The van der Waals surface area contributed by atoms with Gasteiger partial charge >= 0.3 is 6.03 Å². The normalized spacial score (nSPS) is 30.1. The highest BCUT2D eigenvalue weighted by Gasteiger charge is 2.51. The maximum Gasteiger partial charge on any atom is 0.321 e. The van der Waals surface area contributed by atoms with Crippen LogP contribution in [0, 0.1) is 17.8 Å². The summed E-state index contributed by atoms with van der Waals surface area (Å²) in [5, 5.41) is 8.76. The maximum absolute atomic E-state index is 12.6. The van der Waals surface area contributed by atoms with Crippen molar-refractivity contribution >= 4 is 17.8 Å². The lowest BCUT2D eigenvalue weighted by molar-refractivity contribution is -0.122. The van der Waals surface area contributed by atoms with Crippen LogP contribution in [0.3, 0.4) is 0 Å². The van der Waals surface area contributed by atoms with Gasteiger partial charge in [0.25, 0.3) is 0 Å². The topological polar surface area (TPSA) is 93.8 Å². The molecule has 1 saturated heterocycles. The lowest BCUT2D eigenvalue weighted by atomic mass is 9.53. The third-order valence-electron chi connectivity index (χ3n) is 8.49. The summed E-state index contributed by atoms with van der Waals surface area (Å²) in [6.07, 6.45) is 7.53. The number of nitrogens with one attached hydrogen (secondary N) is 3. The van der Waals surface area contributed by atoms with Crippen LogP contribution in [-0.4, -0.2) is 72.5 Å². The van der Waals surface area contributed by atoms with Crippen molar-refractivity contribution in [3.8, 4) is 0 Å². The van der Waals surface area contributed by atoms with Crippen molar-refractivity contribution in [1.29, 1.82) is 0 Å². The zero-order chi connectivity index (χ0) is 24.3. The van der Waals surface area contributed by atoms with Crippen LogP contribution in [-0.2, 0) is 16.1 Å². The fraction of sp³-hybridized carbons (Fsp3) is 0.667. The fourth-order valence-corrected chi connectivity index (χ4v) is 7.21. The number of benzene rings is 1.